The Bertz CT molecular complexity index is 815. The molecule has 0 spiro atoms. The van der Waals surface area contributed by atoms with Crippen molar-refractivity contribution >= 4 is 12.6 Å². The van der Waals surface area contributed by atoms with E-state index in [1.165, 1.54) is 10.7 Å². The summed E-state index contributed by atoms with van der Waals surface area (Å²) in [5, 5.41) is 15.8. The van der Waals surface area contributed by atoms with Crippen LogP contribution in [0.15, 0.2) is 18.2 Å². The fourth-order valence-electron chi connectivity index (χ4n) is 2.01. The molecular formula is C16H14FN3O2S. The van der Waals surface area contributed by atoms with Gasteiger partial charge in [0.25, 0.3) is 0 Å². The maximum absolute atomic E-state index is 13.7. The van der Waals surface area contributed by atoms with Crippen LogP contribution in [0.1, 0.15) is 16.8 Å². The van der Waals surface area contributed by atoms with E-state index in [1.54, 1.807) is 20.1 Å². The summed E-state index contributed by atoms with van der Waals surface area (Å²) in [5.41, 5.74) is 1.84. The zero-order chi connectivity index (χ0) is 16.8. The number of ether oxygens (including phenoxy) is 2. The lowest BCUT2D eigenvalue weighted by molar-refractivity contribution is 0.143. The van der Waals surface area contributed by atoms with Crippen LogP contribution in [-0.2, 0) is 4.74 Å². The molecule has 2 rings (SSSR count). The lowest BCUT2D eigenvalue weighted by Gasteiger charge is -2.05. The standard InChI is InChI=1S/C16H14FN3O2S/c1-11-15(3-6-23)16(22-5-4-21-2)19-20(11)14-8-12(10-18)7-13(17)9-14/h7-9,23H,4-5H2,1-2H3. The minimum atomic E-state index is -0.516. The molecule has 0 atom stereocenters. The molecule has 0 saturated carbocycles. The molecule has 1 aromatic heterocycles. The van der Waals surface area contributed by atoms with Gasteiger partial charge in [0.15, 0.2) is 0 Å². The van der Waals surface area contributed by atoms with Gasteiger partial charge in [-0.05, 0) is 36.3 Å². The molecule has 1 aromatic carbocycles. The SMILES string of the molecule is COCCOc1nn(-c2cc(F)cc(C#N)c2)c(C)c1C#CS. The number of halogens is 1. The number of nitriles is 1. The smallest absolute Gasteiger partial charge is 0.249 e. The Balaban J connectivity index is 2.50. The Kier molecular flexibility index (Phi) is 5.64. The number of rotatable bonds is 5. The van der Waals surface area contributed by atoms with Crippen LogP contribution in [0.5, 0.6) is 5.88 Å². The summed E-state index contributed by atoms with van der Waals surface area (Å²) in [6.45, 7) is 2.49. The van der Waals surface area contributed by atoms with E-state index < -0.39 is 5.82 Å². The van der Waals surface area contributed by atoms with Gasteiger partial charge in [0.2, 0.25) is 5.88 Å². The first-order valence-corrected chi connectivity index (χ1v) is 7.13. The van der Waals surface area contributed by atoms with Crippen molar-refractivity contribution in [3.05, 3.63) is 40.8 Å². The van der Waals surface area contributed by atoms with E-state index in [4.69, 9.17) is 14.7 Å². The highest BCUT2D eigenvalue weighted by atomic mass is 32.1. The van der Waals surface area contributed by atoms with Crippen molar-refractivity contribution < 1.29 is 13.9 Å². The van der Waals surface area contributed by atoms with Crippen LogP contribution in [0.4, 0.5) is 4.39 Å². The summed E-state index contributed by atoms with van der Waals surface area (Å²) in [6.07, 6.45) is 0. The summed E-state index contributed by atoms with van der Waals surface area (Å²) in [6, 6.07) is 5.91. The number of benzene rings is 1. The average Bonchev–Trinajstić information content (AvgIpc) is 2.84. The first kappa shape index (κ1) is 16.9. The fraction of sp³-hybridized carbons (Fsp3) is 0.250. The van der Waals surface area contributed by atoms with Crippen molar-refractivity contribution in [1.82, 2.24) is 9.78 Å². The third-order valence-corrected chi connectivity index (χ3v) is 3.16. The number of methoxy groups -OCH3 is 1. The minimum absolute atomic E-state index is 0.207. The van der Waals surface area contributed by atoms with Crippen molar-refractivity contribution in [2.45, 2.75) is 6.92 Å². The second-order valence-corrected chi connectivity index (χ2v) is 4.79. The maximum Gasteiger partial charge on any atom is 0.249 e. The Hall–Kier alpha value is -2.48. The summed E-state index contributed by atoms with van der Waals surface area (Å²) in [7, 11) is 1.57. The van der Waals surface area contributed by atoms with Crippen LogP contribution in [0.3, 0.4) is 0 Å². The topological polar surface area (TPSA) is 60.1 Å². The van der Waals surface area contributed by atoms with Crippen molar-refractivity contribution in [3.63, 3.8) is 0 Å². The molecule has 0 N–H and O–H groups in total. The first-order valence-electron chi connectivity index (χ1n) is 6.68. The quantitative estimate of drug-likeness (QED) is 0.519. The van der Waals surface area contributed by atoms with Crippen LogP contribution in [0.25, 0.3) is 5.69 Å². The van der Waals surface area contributed by atoms with Crippen LogP contribution < -0.4 is 4.74 Å². The first-order chi connectivity index (χ1) is 11.1. The molecule has 2 aromatic rings. The zero-order valence-electron chi connectivity index (χ0n) is 12.6. The van der Waals surface area contributed by atoms with E-state index in [0.717, 1.165) is 6.07 Å². The molecule has 0 saturated heterocycles. The van der Waals surface area contributed by atoms with Gasteiger partial charge in [0.1, 0.15) is 18.0 Å². The van der Waals surface area contributed by atoms with E-state index in [0.29, 0.717) is 36.0 Å². The van der Waals surface area contributed by atoms with Crippen molar-refractivity contribution in [3.8, 4) is 28.8 Å². The second-order valence-electron chi connectivity index (χ2n) is 4.57. The highest BCUT2D eigenvalue weighted by Gasteiger charge is 2.16. The van der Waals surface area contributed by atoms with E-state index in [-0.39, 0.29) is 5.56 Å². The van der Waals surface area contributed by atoms with Gasteiger partial charge in [-0.2, -0.15) is 5.26 Å². The summed E-state index contributed by atoms with van der Waals surface area (Å²) < 4.78 is 25.6. The van der Waals surface area contributed by atoms with Gasteiger partial charge >= 0.3 is 0 Å². The van der Waals surface area contributed by atoms with Crippen molar-refractivity contribution in [1.29, 1.82) is 5.26 Å². The molecule has 7 heteroatoms. The van der Waals surface area contributed by atoms with Gasteiger partial charge in [-0.25, -0.2) is 9.07 Å². The minimum Gasteiger partial charge on any atom is -0.473 e. The van der Waals surface area contributed by atoms with Crippen molar-refractivity contribution in [2.24, 2.45) is 0 Å². The van der Waals surface area contributed by atoms with Gasteiger partial charge in [-0.1, -0.05) is 12.6 Å². The molecule has 0 aliphatic carbocycles. The molecule has 5 nitrogen and oxygen atoms in total. The Labute approximate surface area is 139 Å². The third-order valence-electron chi connectivity index (χ3n) is 3.05. The largest absolute Gasteiger partial charge is 0.473 e. The molecule has 23 heavy (non-hydrogen) atoms. The molecule has 0 unspecified atom stereocenters. The van der Waals surface area contributed by atoms with E-state index >= 15 is 0 Å². The second kappa shape index (κ2) is 7.68. The van der Waals surface area contributed by atoms with Gasteiger partial charge in [-0.3, -0.25) is 0 Å². The van der Waals surface area contributed by atoms with E-state index in [2.05, 4.69) is 28.9 Å². The van der Waals surface area contributed by atoms with Crippen molar-refractivity contribution in [2.75, 3.05) is 20.3 Å². The summed E-state index contributed by atoms with van der Waals surface area (Å²) in [4.78, 5) is 0. The Morgan fingerprint density at radius 2 is 2.13 bits per heavy atom. The summed E-state index contributed by atoms with van der Waals surface area (Å²) in [5.74, 6) is 2.60. The number of nitrogens with zero attached hydrogens (tertiary/aromatic N) is 3. The lowest BCUT2D eigenvalue weighted by Crippen LogP contribution is -2.06. The van der Waals surface area contributed by atoms with Gasteiger partial charge in [0, 0.05) is 7.11 Å². The number of aromatic nitrogens is 2. The number of hydrogen-bond acceptors (Lipinski definition) is 5. The highest BCUT2D eigenvalue weighted by Crippen LogP contribution is 2.24. The van der Waals surface area contributed by atoms with Crippen LogP contribution in [-0.4, -0.2) is 30.1 Å². The summed E-state index contributed by atoms with van der Waals surface area (Å²) >= 11 is 3.90. The van der Waals surface area contributed by atoms with Gasteiger partial charge in [-0.15, -0.1) is 5.10 Å². The molecule has 0 amide bonds. The Morgan fingerprint density at radius 1 is 1.35 bits per heavy atom. The van der Waals surface area contributed by atoms with Gasteiger partial charge < -0.3 is 9.47 Å². The zero-order valence-corrected chi connectivity index (χ0v) is 13.5. The molecule has 0 aliphatic rings. The molecular weight excluding hydrogens is 317 g/mol. The average molecular weight is 331 g/mol. The van der Waals surface area contributed by atoms with Crippen LogP contribution in [0, 0.1) is 35.2 Å². The predicted molar refractivity (Wildman–Crippen MR) is 86.2 cm³/mol. The maximum atomic E-state index is 13.7. The Morgan fingerprint density at radius 3 is 2.78 bits per heavy atom. The predicted octanol–water partition coefficient (Wildman–Crippen LogP) is 2.46. The third kappa shape index (κ3) is 3.84. The lowest BCUT2D eigenvalue weighted by atomic mass is 10.2. The molecule has 1 heterocycles. The highest BCUT2D eigenvalue weighted by molar-refractivity contribution is 7.85. The van der Waals surface area contributed by atoms with Crippen LogP contribution in [0.2, 0.25) is 0 Å². The number of hydrogen-bond donors (Lipinski definition) is 1. The molecule has 0 bridgehead atoms. The number of thiol groups is 1. The molecule has 0 aliphatic heterocycles. The van der Waals surface area contributed by atoms with E-state index in [9.17, 15) is 4.39 Å². The molecule has 0 radical (unpaired) electrons. The normalized spacial score (nSPS) is 9.87. The fourth-order valence-corrected chi connectivity index (χ4v) is 2.12. The monoisotopic (exact) mass is 331 g/mol. The van der Waals surface area contributed by atoms with Gasteiger partial charge in [0.05, 0.1) is 29.6 Å². The molecule has 0 fully saturated rings. The van der Waals surface area contributed by atoms with E-state index in [1.807, 2.05) is 6.07 Å². The molecule has 118 valence electrons. The van der Waals surface area contributed by atoms with Crippen LogP contribution >= 0.6 is 12.6 Å².